The summed E-state index contributed by atoms with van der Waals surface area (Å²) in [5, 5.41) is 10.6. The van der Waals surface area contributed by atoms with Crippen molar-refractivity contribution in [3.05, 3.63) is 42.2 Å². The van der Waals surface area contributed by atoms with E-state index in [1.54, 1.807) is 24.7 Å². The number of hydrogen-bond donors (Lipinski definition) is 2. The van der Waals surface area contributed by atoms with Crippen LogP contribution < -0.4 is 5.32 Å². The Balaban J connectivity index is 0.00000102. The van der Waals surface area contributed by atoms with E-state index in [-0.39, 0.29) is 5.69 Å². The first kappa shape index (κ1) is 18.5. The van der Waals surface area contributed by atoms with Gasteiger partial charge in [0.25, 0.3) is 0 Å². The van der Waals surface area contributed by atoms with E-state index in [1.807, 2.05) is 31.4 Å². The molecule has 0 saturated carbocycles. The number of carbonyl (C=O) groups excluding carboxylic acids is 1. The molecule has 0 spiro atoms. The Kier molecular flexibility index (Phi) is 5.46. The molecule has 4 aromatic heterocycles. The van der Waals surface area contributed by atoms with Crippen LogP contribution in [0.15, 0.2) is 30.9 Å². The Labute approximate surface area is 159 Å². The number of esters is 1. The molecular weight excluding hydrogens is 366 g/mol. The van der Waals surface area contributed by atoms with Gasteiger partial charge in [0.05, 0.1) is 30.9 Å². The van der Waals surface area contributed by atoms with Gasteiger partial charge in [0, 0.05) is 24.0 Å². The highest BCUT2D eigenvalue weighted by molar-refractivity contribution is 7.10. The molecule has 10 heteroatoms. The summed E-state index contributed by atoms with van der Waals surface area (Å²) in [6.45, 7) is 5.90. The van der Waals surface area contributed by atoms with Gasteiger partial charge in [0.1, 0.15) is 5.00 Å². The van der Waals surface area contributed by atoms with E-state index in [9.17, 15) is 4.79 Å². The smallest absolute Gasteiger partial charge is 0.357 e. The Morgan fingerprint density at radius 2 is 2.15 bits per heavy atom. The molecule has 2 N–H and O–H groups in total. The fourth-order valence-electron chi connectivity index (χ4n) is 2.45. The third-order valence-corrected chi connectivity index (χ3v) is 4.26. The second-order valence-corrected chi connectivity index (χ2v) is 6.05. The molecule has 4 heterocycles. The lowest BCUT2D eigenvalue weighted by Gasteiger charge is -2.07. The van der Waals surface area contributed by atoms with Crippen molar-refractivity contribution in [3.8, 4) is 11.3 Å². The number of nitrogens with one attached hydrogen (secondary N) is 2. The van der Waals surface area contributed by atoms with Crippen LogP contribution >= 0.6 is 11.5 Å². The van der Waals surface area contributed by atoms with Crippen molar-refractivity contribution in [1.82, 2.24) is 28.9 Å². The normalized spacial score (nSPS) is 10.4. The summed E-state index contributed by atoms with van der Waals surface area (Å²) in [6, 6.07) is 1.62. The van der Waals surface area contributed by atoms with Gasteiger partial charge in [-0.3, -0.25) is 9.50 Å². The summed E-state index contributed by atoms with van der Waals surface area (Å²) < 4.78 is 10.7. The third kappa shape index (κ3) is 3.65. The molecule has 140 valence electrons. The van der Waals surface area contributed by atoms with E-state index in [4.69, 9.17) is 0 Å². The minimum Gasteiger partial charge on any atom is -0.464 e. The molecule has 4 rings (SSSR count). The molecule has 0 fully saturated rings. The Morgan fingerprint density at radius 1 is 1.33 bits per heavy atom. The third-order valence-electron chi connectivity index (χ3n) is 3.55. The van der Waals surface area contributed by atoms with E-state index in [2.05, 4.69) is 34.6 Å². The number of methoxy groups -OCH3 is 1. The van der Waals surface area contributed by atoms with Gasteiger partial charge in [0.2, 0.25) is 0 Å². The summed E-state index contributed by atoms with van der Waals surface area (Å²) in [5.41, 5.74) is 3.55. The molecule has 0 unspecified atom stereocenters. The van der Waals surface area contributed by atoms with Crippen molar-refractivity contribution < 1.29 is 9.53 Å². The lowest BCUT2D eigenvalue weighted by molar-refractivity contribution is 0.0595. The molecule has 0 aromatic carbocycles. The molecule has 0 aliphatic heterocycles. The number of aromatic amines is 1. The first-order valence-corrected chi connectivity index (χ1v) is 9.09. The molecule has 0 aliphatic rings. The van der Waals surface area contributed by atoms with Crippen LogP contribution in [0.2, 0.25) is 0 Å². The fraction of sp³-hybridized carbons (Fsp3) is 0.235. The van der Waals surface area contributed by atoms with Gasteiger partial charge in [-0.2, -0.15) is 9.47 Å². The van der Waals surface area contributed by atoms with Crippen LogP contribution in [0.1, 0.15) is 30.0 Å². The van der Waals surface area contributed by atoms with Gasteiger partial charge in [-0.25, -0.2) is 14.8 Å². The number of aromatic nitrogens is 6. The number of H-pyrrole nitrogens is 1. The number of carbonyl (C=O) groups is 1. The van der Waals surface area contributed by atoms with Crippen molar-refractivity contribution in [2.45, 2.75) is 20.8 Å². The van der Waals surface area contributed by atoms with Crippen molar-refractivity contribution in [3.63, 3.8) is 0 Å². The topological polar surface area (TPSA) is 110 Å². The van der Waals surface area contributed by atoms with Gasteiger partial charge in [-0.1, -0.05) is 13.8 Å². The Morgan fingerprint density at radius 3 is 2.85 bits per heavy atom. The number of hydrogen-bond acceptors (Lipinski definition) is 8. The standard InChI is InChI=1S/C15H13N7O2S.C2H6/c1-8-7-22-11(9-4-17-18-5-9)6-16-14(22)13(19-8)20-12-3-10(21-25-12)15(23)24-2;1-2/h3-7H,1-2H3,(H,17,18)(H,19,20);1-2H3. The lowest BCUT2D eigenvalue weighted by atomic mass is 10.3. The molecule has 0 bridgehead atoms. The van der Waals surface area contributed by atoms with E-state index < -0.39 is 5.97 Å². The maximum absolute atomic E-state index is 11.5. The monoisotopic (exact) mass is 385 g/mol. The molecule has 0 radical (unpaired) electrons. The molecule has 0 atom stereocenters. The zero-order valence-electron chi connectivity index (χ0n) is 15.3. The number of fused-ring (bicyclic) bond motifs is 1. The fourth-order valence-corrected chi connectivity index (χ4v) is 3.08. The van der Waals surface area contributed by atoms with Gasteiger partial charge < -0.3 is 10.1 Å². The summed E-state index contributed by atoms with van der Waals surface area (Å²) in [5.74, 6) is 0.101. The van der Waals surface area contributed by atoms with Crippen LogP contribution in [0, 0.1) is 6.92 Å². The van der Waals surface area contributed by atoms with E-state index in [1.165, 1.54) is 7.11 Å². The molecule has 0 saturated heterocycles. The average molecular weight is 385 g/mol. The van der Waals surface area contributed by atoms with Crippen LogP contribution in [0.5, 0.6) is 0 Å². The Hall–Kier alpha value is -3.27. The highest BCUT2D eigenvalue weighted by atomic mass is 32.1. The number of ether oxygens (including phenoxy) is 1. The minimum atomic E-state index is -0.477. The van der Waals surface area contributed by atoms with Crippen LogP contribution in [0.25, 0.3) is 16.9 Å². The summed E-state index contributed by atoms with van der Waals surface area (Å²) in [6.07, 6.45) is 7.21. The summed E-state index contributed by atoms with van der Waals surface area (Å²) in [4.78, 5) is 20.5. The molecular formula is C17H19N7O2S. The van der Waals surface area contributed by atoms with Crippen LogP contribution in [-0.4, -0.2) is 42.0 Å². The van der Waals surface area contributed by atoms with E-state index in [0.29, 0.717) is 16.5 Å². The second kappa shape index (κ2) is 7.96. The second-order valence-electron chi connectivity index (χ2n) is 5.25. The molecule has 0 amide bonds. The lowest BCUT2D eigenvalue weighted by Crippen LogP contribution is -2.01. The predicted octanol–water partition coefficient (Wildman–Crippen LogP) is 3.44. The maximum atomic E-state index is 11.5. The van der Waals surface area contributed by atoms with Gasteiger partial charge in [0.15, 0.2) is 17.2 Å². The summed E-state index contributed by atoms with van der Waals surface area (Å²) in [7, 11) is 1.32. The van der Waals surface area contributed by atoms with E-state index >= 15 is 0 Å². The van der Waals surface area contributed by atoms with Gasteiger partial charge >= 0.3 is 5.97 Å². The number of anilines is 2. The SMILES string of the molecule is CC.COC(=O)c1cc(Nc2nc(C)cn3c(-c4cn[nH]c4)cnc23)sn1. The first-order chi connectivity index (χ1) is 13.2. The van der Waals surface area contributed by atoms with Crippen molar-refractivity contribution in [1.29, 1.82) is 0 Å². The minimum absolute atomic E-state index is 0.251. The van der Waals surface area contributed by atoms with Gasteiger partial charge in [-0.15, -0.1) is 0 Å². The van der Waals surface area contributed by atoms with Crippen LogP contribution in [0.4, 0.5) is 10.8 Å². The quantitative estimate of drug-likeness (QED) is 0.518. The highest BCUT2D eigenvalue weighted by Gasteiger charge is 2.15. The first-order valence-electron chi connectivity index (χ1n) is 8.31. The zero-order valence-corrected chi connectivity index (χ0v) is 16.2. The summed E-state index contributed by atoms with van der Waals surface area (Å²) >= 11 is 1.15. The molecule has 0 aliphatic carbocycles. The van der Waals surface area contributed by atoms with Crippen molar-refractivity contribution >= 4 is 34.0 Å². The average Bonchev–Trinajstić information content (AvgIpc) is 3.42. The number of aryl methyl sites for hydroxylation is 1. The van der Waals surface area contributed by atoms with Crippen molar-refractivity contribution in [2.24, 2.45) is 0 Å². The largest absolute Gasteiger partial charge is 0.464 e. The van der Waals surface area contributed by atoms with Crippen LogP contribution in [0.3, 0.4) is 0 Å². The number of rotatable bonds is 4. The van der Waals surface area contributed by atoms with E-state index in [0.717, 1.165) is 28.5 Å². The molecule has 9 nitrogen and oxygen atoms in total. The van der Waals surface area contributed by atoms with Crippen molar-refractivity contribution in [2.75, 3.05) is 12.4 Å². The van der Waals surface area contributed by atoms with Gasteiger partial charge in [-0.05, 0) is 18.5 Å². The molecule has 4 aromatic rings. The Bertz CT molecular complexity index is 1050. The highest BCUT2D eigenvalue weighted by Crippen LogP contribution is 2.27. The number of imidazole rings is 1. The number of nitrogens with zero attached hydrogens (tertiary/aromatic N) is 5. The van der Waals surface area contributed by atoms with Crippen LogP contribution in [-0.2, 0) is 4.74 Å². The maximum Gasteiger partial charge on any atom is 0.357 e. The molecule has 27 heavy (non-hydrogen) atoms. The predicted molar refractivity (Wildman–Crippen MR) is 103 cm³/mol. The zero-order chi connectivity index (χ0) is 19.4.